The second kappa shape index (κ2) is 12.5. The van der Waals surface area contributed by atoms with Gasteiger partial charge in [0.1, 0.15) is 0 Å². The first-order chi connectivity index (χ1) is 20.0. The van der Waals surface area contributed by atoms with E-state index in [0.717, 1.165) is 25.4 Å². The summed E-state index contributed by atoms with van der Waals surface area (Å²) >= 11 is 0. The molecule has 4 aliphatic rings. The van der Waals surface area contributed by atoms with Crippen molar-refractivity contribution in [3.05, 3.63) is 11.6 Å². The van der Waals surface area contributed by atoms with Crippen LogP contribution >= 0.6 is 0 Å². The van der Waals surface area contributed by atoms with Gasteiger partial charge in [-0.05, 0) is 110 Å². The summed E-state index contributed by atoms with van der Waals surface area (Å²) in [7, 11) is -0.250. The van der Waals surface area contributed by atoms with Crippen molar-refractivity contribution in [3.63, 3.8) is 0 Å². The molecule has 3 unspecified atom stereocenters. The Morgan fingerprint density at radius 3 is 2.14 bits per heavy atom. The molecule has 4 rings (SSSR count). The van der Waals surface area contributed by atoms with E-state index in [1.165, 1.54) is 32.1 Å². The number of hydrogen-bond acceptors (Lipinski definition) is 4. The zero-order chi connectivity index (χ0) is 33.1. The Hall–Kier alpha value is -0.476. The van der Waals surface area contributed by atoms with Crippen LogP contribution in [0.4, 0.5) is 0 Å². The van der Waals surface area contributed by atoms with Gasteiger partial charge in [-0.3, -0.25) is 4.79 Å². The van der Waals surface area contributed by atoms with Gasteiger partial charge in [0.2, 0.25) is 5.91 Å². The molecule has 0 radical (unpaired) electrons. The summed E-state index contributed by atoms with van der Waals surface area (Å²) in [6.45, 7) is 30.5. The van der Waals surface area contributed by atoms with Gasteiger partial charge in [-0.25, -0.2) is 0 Å². The van der Waals surface area contributed by atoms with E-state index in [0.29, 0.717) is 36.2 Å². The molecule has 0 bridgehead atoms. The number of amides is 1. The minimum Gasteiger partial charge on any atom is -0.414 e. The molecule has 0 saturated heterocycles. The van der Waals surface area contributed by atoms with Gasteiger partial charge in [0, 0.05) is 26.1 Å². The average Bonchev–Trinajstić information content (AvgIpc) is 3.21. The SMILES string of the molecule is CN(C)C(=O)CCOCC1CC[C@H]2[C@@H]3CC=C4CC(O[Si](C)(C)C(C)(C)C)CC(O[Si](C)(C)C(C)(C)C)[C@]4(C)[C@@H]3CC[C@]12C. The van der Waals surface area contributed by atoms with E-state index >= 15 is 0 Å². The molecule has 0 aliphatic heterocycles. The fourth-order valence-corrected chi connectivity index (χ4v) is 11.8. The average molecular weight is 648 g/mol. The van der Waals surface area contributed by atoms with Crippen molar-refractivity contribution in [3.8, 4) is 0 Å². The smallest absolute Gasteiger partial charge is 0.224 e. The fraction of sp³-hybridized carbons (Fsp3) is 0.919. The summed E-state index contributed by atoms with van der Waals surface area (Å²) < 4.78 is 20.9. The number of allylic oxidation sites excluding steroid dienone is 1. The molecule has 0 heterocycles. The molecule has 5 nitrogen and oxygen atoms in total. The molecule has 0 aromatic rings. The van der Waals surface area contributed by atoms with Gasteiger partial charge in [0.15, 0.2) is 16.6 Å². The Kier molecular flexibility index (Phi) is 10.3. The maximum atomic E-state index is 12.1. The van der Waals surface area contributed by atoms with Crippen LogP contribution in [0.15, 0.2) is 11.6 Å². The third-order valence-electron chi connectivity index (χ3n) is 14.1. The summed E-state index contributed by atoms with van der Waals surface area (Å²) in [6.07, 6.45) is 12.1. The highest BCUT2D eigenvalue weighted by atomic mass is 28.4. The second-order valence-electron chi connectivity index (χ2n) is 18.9. The first kappa shape index (κ1) is 36.4. The molecule has 4 aliphatic carbocycles. The van der Waals surface area contributed by atoms with Crippen molar-refractivity contribution in [1.82, 2.24) is 4.90 Å². The largest absolute Gasteiger partial charge is 0.414 e. The molecule has 0 aromatic carbocycles. The highest BCUT2D eigenvalue weighted by Gasteiger charge is 2.62. The number of ether oxygens (including phenoxy) is 1. The van der Waals surface area contributed by atoms with Crippen LogP contribution in [-0.2, 0) is 18.4 Å². The van der Waals surface area contributed by atoms with E-state index in [1.54, 1.807) is 10.5 Å². The Bertz CT molecular complexity index is 1070. The predicted molar refractivity (Wildman–Crippen MR) is 189 cm³/mol. The predicted octanol–water partition coefficient (Wildman–Crippen LogP) is 9.45. The van der Waals surface area contributed by atoms with Crippen molar-refractivity contribution in [1.29, 1.82) is 0 Å². The molecule has 3 fully saturated rings. The molecule has 0 N–H and O–H groups in total. The van der Waals surface area contributed by atoms with Crippen LogP contribution in [0, 0.1) is 34.5 Å². The molecule has 254 valence electrons. The van der Waals surface area contributed by atoms with Crippen molar-refractivity contribution in [2.24, 2.45) is 34.5 Å². The van der Waals surface area contributed by atoms with Crippen LogP contribution in [0.1, 0.15) is 107 Å². The first-order valence-electron chi connectivity index (χ1n) is 17.9. The van der Waals surface area contributed by atoms with Crippen LogP contribution in [0.25, 0.3) is 0 Å². The lowest BCUT2D eigenvalue weighted by Gasteiger charge is -2.61. The van der Waals surface area contributed by atoms with Crippen molar-refractivity contribution >= 4 is 22.5 Å². The van der Waals surface area contributed by atoms with Gasteiger partial charge in [0.05, 0.1) is 25.2 Å². The fourth-order valence-electron chi connectivity index (χ4n) is 9.04. The molecular weight excluding hydrogens is 579 g/mol. The van der Waals surface area contributed by atoms with Gasteiger partial charge in [-0.2, -0.15) is 0 Å². The van der Waals surface area contributed by atoms with Crippen LogP contribution in [0.3, 0.4) is 0 Å². The molecule has 7 heteroatoms. The van der Waals surface area contributed by atoms with E-state index in [4.69, 9.17) is 13.6 Å². The Morgan fingerprint density at radius 2 is 1.55 bits per heavy atom. The van der Waals surface area contributed by atoms with Crippen LogP contribution < -0.4 is 0 Å². The highest BCUT2D eigenvalue weighted by Crippen LogP contribution is 2.67. The van der Waals surface area contributed by atoms with Crippen LogP contribution in [0.2, 0.25) is 36.3 Å². The maximum absolute atomic E-state index is 12.1. The summed E-state index contributed by atoms with van der Waals surface area (Å²) in [4.78, 5) is 13.7. The molecule has 44 heavy (non-hydrogen) atoms. The van der Waals surface area contributed by atoms with E-state index in [2.05, 4.69) is 87.7 Å². The zero-order valence-electron chi connectivity index (χ0n) is 31.2. The summed E-state index contributed by atoms with van der Waals surface area (Å²) in [5.74, 6) is 2.86. The van der Waals surface area contributed by atoms with Gasteiger partial charge >= 0.3 is 0 Å². The standard InChI is InChI=1S/C37H69NO4Si2/c1-34(2,3)43(11,12)41-28-23-26-15-17-29-30-18-16-27(25-40-22-20-33(39)38(9)10)36(30,7)21-19-31(29)37(26,8)32(24-28)42-44(13,14)35(4,5)6/h15,27-32H,16-25H2,1-14H3/t27?,28?,29-,30-,31+,32?,36+,37-/m0/s1. The highest BCUT2D eigenvalue weighted by molar-refractivity contribution is 6.74. The van der Waals surface area contributed by atoms with E-state index < -0.39 is 16.6 Å². The molecule has 0 spiro atoms. The third kappa shape index (κ3) is 6.75. The maximum Gasteiger partial charge on any atom is 0.224 e. The number of fused-ring (bicyclic) bond motifs is 5. The van der Waals surface area contributed by atoms with Gasteiger partial charge in [0.25, 0.3) is 0 Å². The van der Waals surface area contributed by atoms with Crippen molar-refractivity contribution < 1.29 is 18.4 Å². The zero-order valence-corrected chi connectivity index (χ0v) is 33.2. The monoisotopic (exact) mass is 647 g/mol. The van der Waals surface area contributed by atoms with Crippen LogP contribution in [-0.4, -0.2) is 67.0 Å². The lowest BCUT2D eigenvalue weighted by Crippen LogP contribution is -2.60. The first-order valence-corrected chi connectivity index (χ1v) is 23.7. The van der Waals surface area contributed by atoms with Gasteiger partial charge in [-0.15, -0.1) is 0 Å². The molecule has 1 amide bonds. The Morgan fingerprint density at radius 1 is 0.932 bits per heavy atom. The van der Waals surface area contributed by atoms with E-state index in [9.17, 15) is 4.79 Å². The van der Waals surface area contributed by atoms with Crippen LogP contribution in [0.5, 0.6) is 0 Å². The van der Waals surface area contributed by atoms with E-state index in [1.807, 2.05) is 14.1 Å². The number of carbonyl (C=O) groups excluding carboxylic acids is 1. The lowest BCUT2D eigenvalue weighted by atomic mass is 9.46. The molecule has 8 atom stereocenters. The van der Waals surface area contributed by atoms with Crippen molar-refractivity contribution in [2.75, 3.05) is 27.3 Å². The summed E-state index contributed by atoms with van der Waals surface area (Å²) in [6, 6.07) is 0. The summed E-state index contributed by atoms with van der Waals surface area (Å²) in [5, 5.41) is 0.378. The topological polar surface area (TPSA) is 48.0 Å². The molecule has 3 saturated carbocycles. The van der Waals surface area contributed by atoms with Gasteiger partial charge < -0.3 is 18.5 Å². The molecule has 0 aromatic heterocycles. The Balaban J connectivity index is 1.58. The Labute approximate surface area is 273 Å². The third-order valence-corrected chi connectivity index (χ3v) is 23.1. The normalized spacial score (nSPS) is 36.3. The second-order valence-corrected chi connectivity index (χ2v) is 28.4. The van der Waals surface area contributed by atoms with Crippen molar-refractivity contribution in [2.45, 2.75) is 155 Å². The summed E-state index contributed by atoms with van der Waals surface area (Å²) in [5.41, 5.74) is 2.05. The number of rotatable bonds is 9. The number of carbonyl (C=O) groups is 1. The minimum atomic E-state index is -2.00. The molecular formula is C37H69NO4Si2. The lowest BCUT2D eigenvalue weighted by molar-refractivity contribution is -0.130. The minimum absolute atomic E-state index is 0.0776. The van der Waals surface area contributed by atoms with E-state index in [-0.39, 0.29) is 33.6 Å². The quantitative estimate of drug-likeness (QED) is 0.142. The van der Waals surface area contributed by atoms with Gasteiger partial charge in [-0.1, -0.05) is 67.0 Å². The number of nitrogens with zero attached hydrogens (tertiary/aromatic N) is 1. The number of hydrogen-bond donors (Lipinski definition) is 0.